The highest BCUT2D eigenvalue weighted by molar-refractivity contribution is 9.10. The maximum atomic E-state index is 3.58. The van der Waals surface area contributed by atoms with Crippen molar-refractivity contribution in [3.05, 3.63) is 33.8 Å². The van der Waals surface area contributed by atoms with Crippen LogP contribution in [0.5, 0.6) is 0 Å². The molecule has 1 heteroatoms. The molecule has 0 spiro atoms. The third kappa shape index (κ3) is 1.84. The van der Waals surface area contributed by atoms with Crippen LogP contribution in [0.2, 0.25) is 0 Å². The number of aryl methyl sites for hydroxylation is 1. The fraction of sp³-hybridized carbons (Fsp3) is 0.400. The molecule has 0 radical (unpaired) electrons. The van der Waals surface area contributed by atoms with E-state index in [0.717, 1.165) is 0 Å². The first-order chi connectivity index (χ1) is 5.13. The van der Waals surface area contributed by atoms with Gasteiger partial charge in [-0.15, -0.1) is 0 Å². The molecule has 1 aromatic carbocycles. The Morgan fingerprint density at radius 3 is 2.36 bits per heavy atom. The normalized spacial score (nSPS) is 10.6. The molecule has 0 amide bonds. The summed E-state index contributed by atoms with van der Waals surface area (Å²) in [6, 6.07) is 6.40. The lowest BCUT2D eigenvalue weighted by Gasteiger charge is -2.09. The molecule has 1 rings (SSSR count). The first-order valence-electron chi connectivity index (χ1n) is 3.88. The molecule has 0 heterocycles. The van der Waals surface area contributed by atoms with Crippen molar-refractivity contribution >= 4 is 15.9 Å². The van der Waals surface area contributed by atoms with Gasteiger partial charge in [-0.3, -0.25) is 0 Å². The molecule has 0 nitrogen and oxygen atoms in total. The van der Waals surface area contributed by atoms with E-state index in [1.54, 1.807) is 0 Å². The lowest BCUT2D eigenvalue weighted by Crippen LogP contribution is -1.90. The van der Waals surface area contributed by atoms with Crippen LogP contribution in [0.25, 0.3) is 0 Å². The van der Waals surface area contributed by atoms with Gasteiger partial charge in [0.1, 0.15) is 0 Å². The second kappa shape index (κ2) is 3.40. The largest absolute Gasteiger partial charge is 0.0616 e. The molecule has 0 N–H and O–H groups in total. The Kier molecular flexibility index (Phi) is 2.72. The van der Waals surface area contributed by atoms with Crippen LogP contribution in [0.15, 0.2) is 22.7 Å². The molecular formula is C10H13Br. The molecule has 1 aromatic rings. The molecule has 60 valence electrons. The van der Waals surface area contributed by atoms with Crippen molar-refractivity contribution in [2.75, 3.05) is 0 Å². The fourth-order valence-electron chi connectivity index (χ4n) is 1.12. The van der Waals surface area contributed by atoms with Crippen LogP contribution in [0.4, 0.5) is 0 Å². The average Bonchev–Trinajstić information content (AvgIpc) is 1.94. The van der Waals surface area contributed by atoms with Crippen molar-refractivity contribution in [3.8, 4) is 0 Å². The minimum Gasteiger partial charge on any atom is -0.0616 e. The van der Waals surface area contributed by atoms with E-state index in [2.05, 4.69) is 54.9 Å². The highest BCUT2D eigenvalue weighted by Gasteiger charge is 2.04. The smallest absolute Gasteiger partial charge is 0.0239 e. The Morgan fingerprint density at radius 1 is 1.27 bits per heavy atom. The predicted octanol–water partition coefficient (Wildman–Crippen LogP) is 3.88. The lowest BCUT2D eigenvalue weighted by molar-refractivity contribution is 0.858. The van der Waals surface area contributed by atoms with Gasteiger partial charge in [0.2, 0.25) is 0 Å². The Bertz CT molecular complexity index is 251. The summed E-state index contributed by atoms with van der Waals surface area (Å²) in [5.41, 5.74) is 2.71. The van der Waals surface area contributed by atoms with Gasteiger partial charge < -0.3 is 0 Å². The van der Waals surface area contributed by atoms with Crippen LogP contribution >= 0.6 is 15.9 Å². The molecule has 11 heavy (non-hydrogen) atoms. The second-order valence-corrected chi connectivity index (χ2v) is 3.93. The average molecular weight is 213 g/mol. The maximum Gasteiger partial charge on any atom is 0.0239 e. The van der Waals surface area contributed by atoms with E-state index < -0.39 is 0 Å². The number of hydrogen-bond acceptors (Lipinski definition) is 0. The molecule has 0 unspecified atom stereocenters. The van der Waals surface area contributed by atoms with Gasteiger partial charge in [0.05, 0.1) is 0 Å². The lowest BCUT2D eigenvalue weighted by atomic mass is 10.0. The van der Waals surface area contributed by atoms with Crippen molar-refractivity contribution in [3.63, 3.8) is 0 Å². The van der Waals surface area contributed by atoms with Crippen LogP contribution in [-0.4, -0.2) is 0 Å². The van der Waals surface area contributed by atoms with Crippen LogP contribution in [0.3, 0.4) is 0 Å². The highest BCUT2D eigenvalue weighted by Crippen LogP contribution is 2.26. The second-order valence-electron chi connectivity index (χ2n) is 3.13. The summed E-state index contributed by atoms with van der Waals surface area (Å²) in [5.74, 6) is 0.601. The minimum absolute atomic E-state index is 0.601. The fourth-order valence-corrected chi connectivity index (χ4v) is 1.84. The highest BCUT2D eigenvalue weighted by atomic mass is 79.9. The molecule has 0 atom stereocenters. The van der Waals surface area contributed by atoms with Gasteiger partial charge in [0.25, 0.3) is 0 Å². The van der Waals surface area contributed by atoms with Crippen LogP contribution in [0.1, 0.15) is 30.9 Å². The molecule has 0 fully saturated rings. The molecule has 0 saturated carbocycles. The van der Waals surface area contributed by atoms with E-state index in [1.165, 1.54) is 15.6 Å². The minimum atomic E-state index is 0.601. The predicted molar refractivity (Wildman–Crippen MR) is 53.0 cm³/mol. The quantitative estimate of drug-likeness (QED) is 0.664. The topological polar surface area (TPSA) is 0 Å². The summed E-state index contributed by atoms with van der Waals surface area (Å²) in [5, 5.41) is 0. The summed E-state index contributed by atoms with van der Waals surface area (Å²) in [4.78, 5) is 0. The SMILES string of the molecule is Cc1cccc(C(C)C)c1Br. The van der Waals surface area contributed by atoms with Crippen LogP contribution in [-0.2, 0) is 0 Å². The number of rotatable bonds is 1. The van der Waals surface area contributed by atoms with E-state index in [4.69, 9.17) is 0 Å². The van der Waals surface area contributed by atoms with E-state index in [0.29, 0.717) is 5.92 Å². The Hall–Kier alpha value is -0.300. The van der Waals surface area contributed by atoms with Gasteiger partial charge in [0, 0.05) is 4.47 Å². The van der Waals surface area contributed by atoms with Gasteiger partial charge in [-0.2, -0.15) is 0 Å². The number of benzene rings is 1. The third-order valence-corrected chi connectivity index (χ3v) is 2.93. The first kappa shape index (κ1) is 8.79. The van der Waals surface area contributed by atoms with E-state index in [-0.39, 0.29) is 0 Å². The van der Waals surface area contributed by atoms with Gasteiger partial charge >= 0.3 is 0 Å². The molecule has 0 aliphatic carbocycles. The summed E-state index contributed by atoms with van der Waals surface area (Å²) in [7, 11) is 0. The molecule has 0 aliphatic heterocycles. The Morgan fingerprint density at radius 2 is 1.91 bits per heavy atom. The van der Waals surface area contributed by atoms with Gasteiger partial charge in [-0.1, -0.05) is 48.0 Å². The van der Waals surface area contributed by atoms with E-state index >= 15 is 0 Å². The monoisotopic (exact) mass is 212 g/mol. The zero-order valence-electron chi connectivity index (χ0n) is 7.19. The molecular weight excluding hydrogens is 200 g/mol. The van der Waals surface area contributed by atoms with Gasteiger partial charge in [-0.05, 0) is 24.0 Å². The Labute approximate surface area is 76.8 Å². The first-order valence-corrected chi connectivity index (χ1v) is 4.67. The zero-order chi connectivity index (χ0) is 8.43. The summed E-state index contributed by atoms with van der Waals surface area (Å²) >= 11 is 3.58. The number of hydrogen-bond donors (Lipinski definition) is 0. The molecule has 0 aliphatic rings. The van der Waals surface area contributed by atoms with Crippen LogP contribution < -0.4 is 0 Å². The summed E-state index contributed by atoms with van der Waals surface area (Å²) in [6.45, 7) is 6.54. The van der Waals surface area contributed by atoms with Crippen molar-refractivity contribution in [2.24, 2.45) is 0 Å². The molecule has 0 saturated heterocycles. The van der Waals surface area contributed by atoms with Crippen LogP contribution in [0, 0.1) is 6.92 Å². The van der Waals surface area contributed by atoms with Gasteiger partial charge in [-0.25, -0.2) is 0 Å². The summed E-state index contributed by atoms with van der Waals surface area (Å²) in [6.07, 6.45) is 0. The van der Waals surface area contributed by atoms with Crippen molar-refractivity contribution in [2.45, 2.75) is 26.7 Å². The standard InChI is InChI=1S/C10H13Br/c1-7(2)9-6-4-5-8(3)10(9)11/h4-7H,1-3H3. The zero-order valence-corrected chi connectivity index (χ0v) is 8.77. The molecule has 0 bridgehead atoms. The molecule has 0 aromatic heterocycles. The van der Waals surface area contributed by atoms with Crippen molar-refractivity contribution < 1.29 is 0 Å². The third-order valence-electron chi connectivity index (χ3n) is 1.84. The van der Waals surface area contributed by atoms with Crippen molar-refractivity contribution in [1.82, 2.24) is 0 Å². The maximum absolute atomic E-state index is 3.58. The van der Waals surface area contributed by atoms with Gasteiger partial charge in [0.15, 0.2) is 0 Å². The van der Waals surface area contributed by atoms with Crippen molar-refractivity contribution in [1.29, 1.82) is 0 Å². The Balaban J connectivity index is 3.17. The van der Waals surface area contributed by atoms with E-state index in [9.17, 15) is 0 Å². The van der Waals surface area contributed by atoms with E-state index in [1.807, 2.05) is 0 Å². The summed E-state index contributed by atoms with van der Waals surface area (Å²) < 4.78 is 1.26. The number of halogens is 1.